The van der Waals surface area contributed by atoms with E-state index in [0.717, 1.165) is 30.4 Å². The molecule has 0 spiro atoms. The van der Waals surface area contributed by atoms with E-state index in [0.29, 0.717) is 26.2 Å². The van der Waals surface area contributed by atoms with Gasteiger partial charge in [-0.15, -0.1) is 0 Å². The molecule has 1 saturated heterocycles. The lowest BCUT2D eigenvalue weighted by Crippen LogP contribution is -2.43. The number of pyridine rings is 1. The average molecular weight is 424 g/mol. The van der Waals surface area contributed by atoms with Gasteiger partial charge in [0.1, 0.15) is 0 Å². The number of aromatic nitrogens is 3. The second-order valence-electron chi connectivity index (χ2n) is 8.29. The predicted molar refractivity (Wildman–Crippen MR) is 115 cm³/mol. The highest BCUT2D eigenvalue weighted by atomic mass is 16.5. The molecule has 0 saturated carbocycles. The van der Waals surface area contributed by atoms with Crippen molar-refractivity contribution < 1.29 is 14.3 Å². The van der Waals surface area contributed by atoms with Crippen LogP contribution in [0.25, 0.3) is 0 Å². The second kappa shape index (κ2) is 9.87. The number of allylic oxidation sites excluding steroid dienone is 2. The van der Waals surface area contributed by atoms with Crippen LogP contribution in [-0.2, 0) is 34.5 Å². The van der Waals surface area contributed by atoms with E-state index >= 15 is 0 Å². The molecule has 0 N–H and O–H groups in total. The molecule has 8 nitrogen and oxygen atoms in total. The number of hydrogen-bond donors (Lipinski definition) is 0. The van der Waals surface area contributed by atoms with Gasteiger partial charge < -0.3 is 14.5 Å². The summed E-state index contributed by atoms with van der Waals surface area (Å²) in [5.74, 6) is -0.0615. The zero-order chi connectivity index (χ0) is 21.6. The Bertz CT molecular complexity index is 926. The number of aryl methyl sites for hydroxylation is 1. The fourth-order valence-electron chi connectivity index (χ4n) is 4.15. The molecule has 1 aliphatic heterocycles. The van der Waals surface area contributed by atoms with Crippen LogP contribution in [-0.4, -0.2) is 62.1 Å². The molecule has 2 aromatic heterocycles. The molecular weight excluding hydrogens is 394 g/mol. The Morgan fingerprint density at radius 1 is 1.23 bits per heavy atom. The van der Waals surface area contributed by atoms with Crippen LogP contribution >= 0.6 is 0 Å². The van der Waals surface area contributed by atoms with E-state index in [-0.39, 0.29) is 30.4 Å². The van der Waals surface area contributed by atoms with Crippen molar-refractivity contribution in [3.63, 3.8) is 0 Å². The van der Waals surface area contributed by atoms with E-state index in [4.69, 9.17) is 4.74 Å². The zero-order valence-electron chi connectivity index (χ0n) is 17.9. The van der Waals surface area contributed by atoms with Gasteiger partial charge in [0.25, 0.3) is 0 Å². The van der Waals surface area contributed by atoms with E-state index in [1.807, 2.05) is 25.4 Å². The summed E-state index contributed by atoms with van der Waals surface area (Å²) in [7, 11) is 1.85. The third-order valence-electron chi connectivity index (χ3n) is 5.80. The van der Waals surface area contributed by atoms with Gasteiger partial charge in [-0.1, -0.05) is 18.2 Å². The largest absolute Gasteiger partial charge is 0.370 e. The van der Waals surface area contributed by atoms with E-state index in [2.05, 4.69) is 22.2 Å². The highest BCUT2D eigenvalue weighted by Crippen LogP contribution is 2.22. The minimum absolute atomic E-state index is 0.0518. The molecule has 0 radical (unpaired) electrons. The molecule has 0 aromatic carbocycles. The van der Waals surface area contributed by atoms with Crippen molar-refractivity contribution in [3.05, 3.63) is 60.2 Å². The van der Waals surface area contributed by atoms with Crippen LogP contribution in [0.15, 0.2) is 49.1 Å². The van der Waals surface area contributed by atoms with Gasteiger partial charge in [0, 0.05) is 56.8 Å². The van der Waals surface area contributed by atoms with Crippen molar-refractivity contribution in [2.45, 2.75) is 38.5 Å². The predicted octanol–water partition coefficient (Wildman–Crippen LogP) is 1.93. The van der Waals surface area contributed by atoms with E-state index in [1.54, 1.807) is 33.1 Å². The molecule has 2 unspecified atom stereocenters. The SMILES string of the molecule is Cn1cc(CN2CC(OCc3cccnc3)CN(C(=O)C3CC=CCC3)CC2=O)cn1. The molecule has 2 aliphatic rings. The number of amides is 2. The van der Waals surface area contributed by atoms with Gasteiger partial charge in [-0.25, -0.2) is 0 Å². The van der Waals surface area contributed by atoms with Gasteiger partial charge in [-0.05, 0) is 30.9 Å². The summed E-state index contributed by atoms with van der Waals surface area (Å²) in [4.78, 5) is 33.9. The first kappa shape index (κ1) is 21.2. The van der Waals surface area contributed by atoms with Crippen LogP contribution in [0.3, 0.4) is 0 Å². The van der Waals surface area contributed by atoms with Gasteiger partial charge in [-0.2, -0.15) is 5.10 Å². The molecule has 2 aromatic rings. The van der Waals surface area contributed by atoms with E-state index in [9.17, 15) is 9.59 Å². The first-order valence-corrected chi connectivity index (χ1v) is 10.8. The van der Waals surface area contributed by atoms with Crippen molar-refractivity contribution in [2.75, 3.05) is 19.6 Å². The van der Waals surface area contributed by atoms with Crippen molar-refractivity contribution in [1.82, 2.24) is 24.6 Å². The quantitative estimate of drug-likeness (QED) is 0.664. The third kappa shape index (κ3) is 5.58. The fraction of sp³-hybridized carbons (Fsp3) is 0.478. The maximum Gasteiger partial charge on any atom is 0.242 e. The topological polar surface area (TPSA) is 80.6 Å². The average Bonchev–Trinajstić information content (AvgIpc) is 3.14. The Morgan fingerprint density at radius 3 is 2.84 bits per heavy atom. The van der Waals surface area contributed by atoms with Gasteiger partial charge >= 0.3 is 0 Å². The minimum Gasteiger partial charge on any atom is -0.370 e. The van der Waals surface area contributed by atoms with E-state index in [1.165, 1.54) is 0 Å². The minimum atomic E-state index is -0.272. The summed E-state index contributed by atoms with van der Waals surface area (Å²) in [5.41, 5.74) is 1.92. The molecule has 1 aliphatic carbocycles. The normalized spacial score (nSPS) is 21.9. The number of rotatable bonds is 6. The molecular formula is C23H29N5O3. The first-order chi connectivity index (χ1) is 15.1. The number of carbonyl (C=O) groups excluding carboxylic acids is 2. The van der Waals surface area contributed by atoms with E-state index < -0.39 is 0 Å². The smallest absolute Gasteiger partial charge is 0.242 e. The van der Waals surface area contributed by atoms with Crippen LogP contribution in [0.5, 0.6) is 0 Å². The summed E-state index contributed by atoms with van der Waals surface area (Å²) in [6.07, 6.45) is 13.6. The highest BCUT2D eigenvalue weighted by Gasteiger charge is 2.33. The van der Waals surface area contributed by atoms with Crippen LogP contribution in [0.1, 0.15) is 30.4 Å². The van der Waals surface area contributed by atoms with Gasteiger partial charge in [0.15, 0.2) is 0 Å². The Labute approximate surface area is 182 Å². The number of carbonyl (C=O) groups is 2. The fourth-order valence-corrected chi connectivity index (χ4v) is 4.15. The molecule has 1 fully saturated rings. The molecule has 2 atom stereocenters. The third-order valence-corrected chi connectivity index (χ3v) is 5.80. The first-order valence-electron chi connectivity index (χ1n) is 10.8. The Kier molecular flexibility index (Phi) is 6.76. The summed E-state index contributed by atoms with van der Waals surface area (Å²) < 4.78 is 7.90. The van der Waals surface area contributed by atoms with Gasteiger partial charge in [-0.3, -0.25) is 19.3 Å². The van der Waals surface area contributed by atoms with Crippen molar-refractivity contribution in [1.29, 1.82) is 0 Å². The molecule has 164 valence electrons. The summed E-state index contributed by atoms with van der Waals surface area (Å²) >= 11 is 0. The Morgan fingerprint density at radius 2 is 2.13 bits per heavy atom. The molecule has 0 bridgehead atoms. The lowest BCUT2D eigenvalue weighted by atomic mass is 9.93. The lowest BCUT2D eigenvalue weighted by Gasteiger charge is -2.28. The lowest BCUT2D eigenvalue weighted by molar-refractivity contribution is -0.141. The van der Waals surface area contributed by atoms with Gasteiger partial charge in [0.2, 0.25) is 11.8 Å². The monoisotopic (exact) mass is 423 g/mol. The molecule has 31 heavy (non-hydrogen) atoms. The van der Waals surface area contributed by atoms with Crippen LogP contribution in [0.4, 0.5) is 0 Å². The Balaban J connectivity index is 1.49. The number of nitrogens with zero attached hydrogens (tertiary/aromatic N) is 5. The van der Waals surface area contributed by atoms with Gasteiger partial charge in [0.05, 0.1) is 25.5 Å². The van der Waals surface area contributed by atoms with Crippen LogP contribution in [0, 0.1) is 5.92 Å². The van der Waals surface area contributed by atoms with Crippen molar-refractivity contribution in [3.8, 4) is 0 Å². The standard InChI is InChI=1S/C23H29N5O3/c1-26-12-19(11-25-26)13-27-14-21(31-17-18-6-5-9-24-10-18)15-28(16-22(27)29)23(30)20-7-3-2-4-8-20/h2-3,5-6,9-12,20-21H,4,7-8,13-17H2,1H3. The second-order valence-corrected chi connectivity index (χ2v) is 8.29. The molecule has 3 heterocycles. The van der Waals surface area contributed by atoms with Crippen LogP contribution < -0.4 is 0 Å². The maximum atomic E-state index is 13.2. The summed E-state index contributed by atoms with van der Waals surface area (Å²) in [6, 6.07) is 3.83. The summed E-state index contributed by atoms with van der Waals surface area (Å²) in [5, 5.41) is 4.20. The molecule has 8 heteroatoms. The Hall–Kier alpha value is -3.00. The molecule has 2 amide bonds. The summed E-state index contributed by atoms with van der Waals surface area (Å²) in [6.45, 7) is 1.78. The molecule has 4 rings (SSSR count). The highest BCUT2D eigenvalue weighted by molar-refractivity contribution is 5.86. The maximum absolute atomic E-state index is 13.2. The zero-order valence-corrected chi connectivity index (χ0v) is 17.9. The number of hydrogen-bond acceptors (Lipinski definition) is 5. The van der Waals surface area contributed by atoms with Crippen molar-refractivity contribution >= 4 is 11.8 Å². The number of ether oxygens (including phenoxy) is 1. The van der Waals surface area contributed by atoms with Crippen LogP contribution in [0.2, 0.25) is 0 Å². The van der Waals surface area contributed by atoms with Crippen molar-refractivity contribution in [2.24, 2.45) is 13.0 Å².